The largest absolute Gasteiger partial charge is 0.398 e. The van der Waals surface area contributed by atoms with Gasteiger partial charge in [-0.3, -0.25) is 0 Å². The predicted octanol–water partition coefficient (Wildman–Crippen LogP) is 2.37. The van der Waals surface area contributed by atoms with Crippen molar-refractivity contribution in [2.24, 2.45) is 0 Å². The summed E-state index contributed by atoms with van der Waals surface area (Å²) < 4.78 is 0. The molecule has 1 aromatic carbocycles. The second-order valence-electron chi connectivity index (χ2n) is 3.78. The van der Waals surface area contributed by atoms with Crippen LogP contribution in [0.1, 0.15) is 26.3 Å². The van der Waals surface area contributed by atoms with Gasteiger partial charge in [0.1, 0.15) is 0 Å². The summed E-state index contributed by atoms with van der Waals surface area (Å²) in [6.45, 7) is 6.51. The molecule has 11 heavy (non-hydrogen) atoms. The van der Waals surface area contributed by atoms with Gasteiger partial charge in [-0.25, -0.2) is 0 Å². The van der Waals surface area contributed by atoms with E-state index in [1.54, 1.807) is 0 Å². The average molecular weight is 148 g/mol. The lowest BCUT2D eigenvalue weighted by molar-refractivity contribution is 0.590. The van der Waals surface area contributed by atoms with Crippen molar-refractivity contribution in [3.8, 4) is 0 Å². The average Bonchev–Trinajstić information content (AvgIpc) is 1.86. The second kappa shape index (κ2) is 2.57. The fraction of sp³-hybridized carbons (Fsp3) is 0.400. The molecule has 0 amide bonds. The Balaban J connectivity index is 3.06. The lowest BCUT2D eigenvalue weighted by Gasteiger charge is -2.18. The standard InChI is InChI=1S/C10H14N/c1-10(2,3)8-5-4-6-9(11)7-8/h4-5,7H,11H2,1-3H3. The SMILES string of the molecule is CC(C)(C)c1cc[c]c(N)c1. The number of hydrogen-bond acceptors (Lipinski definition) is 1. The van der Waals surface area contributed by atoms with E-state index in [9.17, 15) is 0 Å². The third kappa shape index (κ3) is 1.97. The van der Waals surface area contributed by atoms with Gasteiger partial charge in [0.05, 0.1) is 0 Å². The van der Waals surface area contributed by atoms with Gasteiger partial charge in [0.15, 0.2) is 0 Å². The normalized spacial score (nSPS) is 11.5. The van der Waals surface area contributed by atoms with Gasteiger partial charge < -0.3 is 5.73 Å². The van der Waals surface area contributed by atoms with Crippen molar-refractivity contribution < 1.29 is 0 Å². The summed E-state index contributed by atoms with van der Waals surface area (Å²) in [6, 6.07) is 8.82. The van der Waals surface area contributed by atoms with Gasteiger partial charge in [-0.05, 0) is 17.0 Å². The molecule has 0 bridgehead atoms. The number of rotatable bonds is 0. The minimum absolute atomic E-state index is 0.184. The fourth-order valence-electron chi connectivity index (χ4n) is 0.951. The highest BCUT2D eigenvalue weighted by atomic mass is 14.5. The Kier molecular flexibility index (Phi) is 1.90. The maximum Gasteiger partial charge on any atom is 0.0397 e. The molecule has 0 heterocycles. The minimum atomic E-state index is 0.184. The van der Waals surface area contributed by atoms with E-state index in [0.717, 1.165) is 5.69 Å². The second-order valence-corrected chi connectivity index (χ2v) is 3.78. The van der Waals surface area contributed by atoms with Gasteiger partial charge in [0.25, 0.3) is 0 Å². The van der Waals surface area contributed by atoms with Gasteiger partial charge in [0, 0.05) is 11.8 Å². The minimum Gasteiger partial charge on any atom is -0.398 e. The highest BCUT2D eigenvalue weighted by Gasteiger charge is 2.12. The summed E-state index contributed by atoms with van der Waals surface area (Å²) in [5, 5.41) is 0. The number of hydrogen-bond donors (Lipinski definition) is 1. The van der Waals surface area contributed by atoms with Crippen molar-refractivity contribution in [1.82, 2.24) is 0 Å². The first kappa shape index (κ1) is 8.12. The first-order chi connectivity index (χ1) is 5.00. The molecule has 0 aromatic heterocycles. The van der Waals surface area contributed by atoms with Crippen molar-refractivity contribution >= 4 is 5.69 Å². The number of nitrogens with two attached hydrogens (primary N) is 1. The first-order valence-corrected chi connectivity index (χ1v) is 3.78. The molecule has 0 aliphatic rings. The first-order valence-electron chi connectivity index (χ1n) is 3.78. The van der Waals surface area contributed by atoms with Crippen LogP contribution in [-0.2, 0) is 5.41 Å². The van der Waals surface area contributed by atoms with E-state index < -0.39 is 0 Å². The molecule has 0 aliphatic heterocycles. The molecule has 0 saturated carbocycles. The van der Waals surface area contributed by atoms with E-state index >= 15 is 0 Å². The van der Waals surface area contributed by atoms with E-state index in [1.165, 1.54) is 5.56 Å². The van der Waals surface area contributed by atoms with Crippen molar-refractivity contribution in [1.29, 1.82) is 0 Å². The van der Waals surface area contributed by atoms with E-state index in [2.05, 4.69) is 32.9 Å². The Bertz CT molecular complexity index is 245. The van der Waals surface area contributed by atoms with Crippen LogP contribution < -0.4 is 5.73 Å². The molecule has 1 heteroatoms. The van der Waals surface area contributed by atoms with E-state index in [0.29, 0.717) is 0 Å². The summed E-state index contributed by atoms with van der Waals surface area (Å²) in [7, 11) is 0. The van der Waals surface area contributed by atoms with E-state index in [4.69, 9.17) is 5.73 Å². The smallest absolute Gasteiger partial charge is 0.0397 e. The Morgan fingerprint density at radius 3 is 2.36 bits per heavy atom. The zero-order valence-corrected chi connectivity index (χ0v) is 7.31. The molecule has 0 aliphatic carbocycles. The van der Waals surface area contributed by atoms with Crippen LogP contribution in [0.25, 0.3) is 0 Å². The summed E-state index contributed by atoms with van der Waals surface area (Å²) in [6.07, 6.45) is 0. The third-order valence-electron chi connectivity index (χ3n) is 1.69. The zero-order chi connectivity index (χ0) is 8.48. The Labute approximate surface area is 68.2 Å². The predicted molar refractivity (Wildman–Crippen MR) is 48.4 cm³/mol. The van der Waals surface area contributed by atoms with Crippen LogP contribution >= 0.6 is 0 Å². The monoisotopic (exact) mass is 148 g/mol. The molecule has 1 radical (unpaired) electrons. The topological polar surface area (TPSA) is 26.0 Å². The molecule has 59 valence electrons. The van der Waals surface area contributed by atoms with Crippen LogP contribution in [0.5, 0.6) is 0 Å². The number of anilines is 1. The summed E-state index contributed by atoms with van der Waals surface area (Å²) in [5.74, 6) is 0. The highest BCUT2D eigenvalue weighted by molar-refractivity contribution is 5.41. The van der Waals surface area contributed by atoms with Crippen molar-refractivity contribution in [2.45, 2.75) is 26.2 Å². The lowest BCUT2D eigenvalue weighted by Crippen LogP contribution is -2.10. The van der Waals surface area contributed by atoms with Gasteiger partial charge in [0.2, 0.25) is 0 Å². The van der Waals surface area contributed by atoms with Gasteiger partial charge in [-0.2, -0.15) is 0 Å². The molecule has 2 N–H and O–H groups in total. The Morgan fingerprint density at radius 1 is 1.36 bits per heavy atom. The van der Waals surface area contributed by atoms with Crippen LogP contribution in [0.4, 0.5) is 5.69 Å². The van der Waals surface area contributed by atoms with E-state index in [-0.39, 0.29) is 5.41 Å². The lowest BCUT2D eigenvalue weighted by atomic mass is 9.87. The Hall–Kier alpha value is -0.980. The van der Waals surface area contributed by atoms with Crippen molar-refractivity contribution in [2.75, 3.05) is 5.73 Å². The van der Waals surface area contributed by atoms with Crippen LogP contribution in [0.3, 0.4) is 0 Å². The van der Waals surface area contributed by atoms with Gasteiger partial charge >= 0.3 is 0 Å². The van der Waals surface area contributed by atoms with Crippen molar-refractivity contribution in [3.05, 3.63) is 29.8 Å². The molecule has 0 saturated heterocycles. The van der Waals surface area contributed by atoms with Crippen LogP contribution in [0.2, 0.25) is 0 Å². The zero-order valence-electron chi connectivity index (χ0n) is 7.31. The van der Waals surface area contributed by atoms with Gasteiger partial charge in [-0.15, -0.1) is 0 Å². The summed E-state index contributed by atoms with van der Waals surface area (Å²) >= 11 is 0. The maximum absolute atomic E-state index is 5.60. The molecular formula is C10H14N. The molecular weight excluding hydrogens is 134 g/mol. The van der Waals surface area contributed by atoms with Gasteiger partial charge in [-0.1, -0.05) is 32.9 Å². The third-order valence-corrected chi connectivity index (χ3v) is 1.69. The van der Waals surface area contributed by atoms with Crippen LogP contribution in [0.15, 0.2) is 18.2 Å². The molecule has 0 fully saturated rings. The quantitative estimate of drug-likeness (QED) is 0.561. The molecule has 1 aromatic rings. The Morgan fingerprint density at radius 2 is 2.00 bits per heavy atom. The highest BCUT2D eigenvalue weighted by Crippen LogP contribution is 2.22. The molecule has 1 rings (SSSR count). The number of benzene rings is 1. The molecule has 0 spiro atoms. The molecule has 0 atom stereocenters. The maximum atomic E-state index is 5.60. The number of nitrogen functional groups attached to an aromatic ring is 1. The van der Waals surface area contributed by atoms with Crippen molar-refractivity contribution in [3.63, 3.8) is 0 Å². The molecule has 1 nitrogen and oxygen atoms in total. The fourth-order valence-corrected chi connectivity index (χ4v) is 0.951. The van der Waals surface area contributed by atoms with E-state index in [1.807, 2.05) is 12.1 Å². The molecule has 0 unspecified atom stereocenters. The summed E-state index contributed by atoms with van der Waals surface area (Å²) in [5.41, 5.74) is 7.76. The van der Waals surface area contributed by atoms with Crippen LogP contribution in [-0.4, -0.2) is 0 Å². The van der Waals surface area contributed by atoms with Crippen LogP contribution in [0, 0.1) is 6.07 Å². The summed E-state index contributed by atoms with van der Waals surface area (Å²) in [4.78, 5) is 0.